The number of nitrogen functional groups attached to an aromatic ring is 1. The lowest BCUT2D eigenvalue weighted by Gasteiger charge is -2.16. The van der Waals surface area contributed by atoms with Crippen molar-refractivity contribution in [3.05, 3.63) is 63.7 Å². The van der Waals surface area contributed by atoms with Gasteiger partial charge in [0, 0.05) is 16.0 Å². The highest BCUT2D eigenvalue weighted by atomic mass is 32.1. The molecule has 0 aliphatic heterocycles. The number of pyridine rings is 1. The zero-order chi connectivity index (χ0) is 23.1. The van der Waals surface area contributed by atoms with Crippen LogP contribution in [0.15, 0.2) is 36.4 Å². The molecule has 5 rings (SSSR count). The van der Waals surface area contributed by atoms with Crippen LogP contribution in [-0.2, 0) is 19.3 Å². The van der Waals surface area contributed by atoms with Gasteiger partial charge >= 0.3 is 0 Å². The van der Waals surface area contributed by atoms with Gasteiger partial charge in [0.1, 0.15) is 14.7 Å². The molecule has 0 saturated carbocycles. The highest BCUT2D eigenvalue weighted by Crippen LogP contribution is 2.45. The van der Waals surface area contributed by atoms with E-state index in [1.54, 1.807) is 0 Å². The topological polar surface area (TPSA) is 111 Å². The maximum atomic E-state index is 13.2. The molecule has 5 N–H and O–H groups in total. The van der Waals surface area contributed by atoms with Gasteiger partial charge in [0.25, 0.3) is 11.8 Å². The Morgan fingerprint density at radius 3 is 2.73 bits per heavy atom. The Morgan fingerprint density at radius 1 is 1.12 bits per heavy atom. The largest absolute Gasteiger partial charge is 0.397 e. The molecule has 0 spiro atoms. The first-order valence-corrected chi connectivity index (χ1v) is 12.6. The predicted molar refractivity (Wildman–Crippen MR) is 136 cm³/mol. The Morgan fingerprint density at radius 2 is 1.94 bits per heavy atom. The number of fused-ring (bicyclic) bond motifs is 4. The van der Waals surface area contributed by atoms with E-state index in [0.717, 1.165) is 57.6 Å². The van der Waals surface area contributed by atoms with Crippen molar-refractivity contribution in [3.8, 4) is 10.4 Å². The van der Waals surface area contributed by atoms with E-state index in [4.69, 9.17) is 16.5 Å². The number of hydrogen-bond acceptors (Lipinski definition) is 6. The molecule has 0 atom stereocenters. The number of nitrogens with zero attached hydrogens (tertiary/aromatic N) is 1. The fraction of sp³-hybridized carbons (Fsp3) is 0.240. The van der Waals surface area contributed by atoms with E-state index in [1.807, 2.05) is 30.3 Å². The Balaban J connectivity index is 1.51. The molecular formula is C25H24N4O2S2. The smallest absolute Gasteiger partial charge is 0.268 e. The number of rotatable bonds is 6. The van der Waals surface area contributed by atoms with Gasteiger partial charge in [-0.15, -0.1) is 22.7 Å². The number of amides is 2. The molecule has 0 unspecified atom stereocenters. The fourth-order valence-electron chi connectivity index (χ4n) is 4.35. The summed E-state index contributed by atoms with van der Waals surface area (Å²) in [4.78, 5) is 32.4. The Kier molecular flexibility index (Phi) is 5.64. The number of hydrogen-bond donors (Lipinski definition) is 3. The van der Waals surface area contributed by atoms with E-state index in [9.17, 15) is 9.59 Å². The van der Waals surface area contributed by atoms with E-state index in [1.165, 1.54) is 28.2 Å². The summed E-state index contributed by atoms with van der Waals surface area (Å²) in [6, 6.07) is 12.0. The molecule has 0 saturated heterocycles. The maximum Gasteiger partial charge on any atom is 0.268 e. The first kappa shape index (κ1) is 21.6. The molecule has 33 heavy (non-hydrogen) atoms. The van der Waals surface area contributed by atoms with Crippen LogP contribution in [0.5, 0.6) is 0 Å². The van der Waals surface area contributed by atoms with E-state index in [-0.39, 0.29) is 5.91 Å². The van der Waals surface area contributed by atoms with Crippen molar-refractivity contribution in [2.45, 2.75) is 39.0 Å². The van der Waals surface area contributed by atoms with Crippen molar-refractivity contribution < 1.29 is 9.59 Å². The van der Waals surface area contributed by atoms with Gasteiger partial charge in [0.05, 0.1) is 11.3 Å². The minimum absolute atomic E-state index is 0.347. The molecule has 0 radical (unpaired) electrons. The number of benzene rings is 1. The SMILES string of the molecule is CCCCc1ccc2c(N)c(C(=O)Nc3sc4c(c3C(N)=O)CCc3ccccc3-4)sc2n1. The van der Waals surface area contributed by atoms with Gasteiger partial charge in [-0.25, -0.2) is 4.98 Å². The molecule has 1 aliphatic rings. The molecule has 0 bridgehead atoms. The summed E-state index contributed by atoms with van der Waals surface area (Å²) < 4.78 is 0. The van der Waals surface area contributed by atoms with Crippen molar-refractivity contribution in [1.82, 2.24) is 4.98 Å². The first-order valence-electron chi connectivity index (χ1n) is 11.0. The van der Waals surface area contributed by atoms with Gasteiger partial charge in [-0.1, -0.05) is 37.6 Å². The Labute approximate surface area is 199 Å². The minimum Gasteiger partial charge on any atom is -0.397 e. The van der Waals surface area contributed by atoms with Gasteiger partial charge in [-0.3, -0.25) is 9.59 Å². The second-order valence-electron chi connectivity index (χ2n) is 8.19. The number of aryl methyl sites for hydroxylation is 2. The standard InChI is InChI=1S/C25H24N4O2S2/c1-2-3-7-14-10-12-17-19(26)21(33-24(17)28-14)23(31)29-25-18(22(27)30)16-11-9-13-6-4-5-8-15(13)20(16)32-25/h4-6,8,10,12H,2-3,7,9,11,26H2,1H3,(H2,27,30)(H,29,31). The first-order chi connectivity index (χ1) is 16.0. The average molecular weight is 477 g/mol. The number of primary amides is 1. The van der Waals surface area contributed by atoms with Gasteiger partial charge in [0.15, 0.2) is 0 Å². The summed E-state index contributed by atoms with van der Waals surface area (Å²) in [5.41, 5.74) is 17.1. The third-order valence-electron chi connectivity index (χ3n) is 6.03. The number of nitrogens with two attached hydrogens (primary N) is 2. The van der Waals surface area contributed by atoms with Crippen molar-refractivity contribution >= 4 is 55.4 Å². The van der Waals surface area contributed by atoms with E-state index in [0.29, 0.717) is 27.5 Å². The van der Waals surface area contributed by atoms with Crippen molar-refractivity contribution in [1.29, 1.82) is 0 Å². The van der Waals surface area contributed by atoms with E-state index >= 15 is 0 Å². The summed E-state index contributed by atoms with van der Waals surface area (Å²) in [6.07, 6.45) is 4.61. The predicted octanol–water partition coefficient (Wildman–Crippen LogP) is 5.40. The van der Waals surface area contributed by atoms with Crippen LogP contribution in [0, 0.1) is 0 Å². The maximum absolute atomic E-state index is 13.2. The van der Waals surface area contributed by atoms with Crippen LogP contribution in [0.1, 0.15) is 56.6 Å². The number of anilines is 2. The third-order valence-corrected chi connectivity index (χ3v) is 8.33. The molecule has 168 valence electrons. The zero-order valence-electron chi connectivity index (χ0n) is 18.2. The molecule has 1 aliphatic carbocycles. The number of carbonyl (C=O) groups excluding carboxylic acids is 2. The van der Waals surface area contributed by atoms with Crippen molar-refractivity contribution in [3.63, 3.8) is 0 Å². The van der Waals surface area contributed by atoms with Crippen LogP contribution >= 0.6 is 22.7 Å². The lowest BCUT2D eigenvalue weighted by atomic mass is 9.89. The van der Waals surface area contributed by atoms with E-state index in [2.05, 4.69) is 18.3 Å². The van der Waals surface area contributed by atoms with Gasteiger partial charge in [0.2, 0.25) is 0 Å². The highest BCUT2D eigenvalue weighted by Gasteiger charge is 2.28. The number of nitrogens with one attached hydrogen (secondary N) is 1. The number of carbonyl (C=O) groups is 2. The number of unbranched alkanes of at least 4 members (excludes halogenated alkanes) is 1. The van der Waals surface area contributed by atoms with Crippen LogP contribution in [0.3, 0.4) is 0 Å². The molecule has 1 aromatic carbocycles. The van der Waals surface area contributed by atoms with Crippen LogP contribution in [0.2, 0.25) is 0 Å². The summed E-state index contributed by atoms with van der Waals surface area (Å²) in [5.74, 6) is -0.881. The summed E-state index contributed by atoms with van der Waals surface area (Å²) in [6.45, 7) is 2.14. The molecule has 8 heteroatoms. The van der Waals surface area contributed by atoms with Crippen molar-refractivity contribution in [2.75, 3.05) is 11.1 Å². The highest BCUT2D eigenvalue weighted by molar-refractivity contribution is 7.22. The average Bonchev–Trinajstić information content (AvgIpc) is 3.35. The quantitative estimate of drug-likeness (QED) is 0.346. The Hall–Kier alpha value is -3.23. The molecule has 0 fully saturated rings. The molecule has 2 amide bonds. The second kappa shape index (κ2) is 8.61. The normalized spacial score (nSPS) is 12.4. The second-order valence-corrected chi connectivity index (χ2v) is 10.2. The molecule has 4 aromatic rings. The fourth-order valence-corrected chi connectivity index (χ4v) is 6.67. The molecule has 6 nitrogen and oxygen atoms in total. The van der Waals surface area contributed by atoms with Gasteiger partial charge < -0.3 is 16.8 Å². The van der Waals surface area contributed by atoms with Crippen LogP contribution in [0.25, 0.3) is 20.7 Å². The monoisotopic (exact) mass is 476 g/mol. The zero-order valence-corrected chi connectivity index (χ0v) is 19.9. The summed E-state index contributed by atoms with van der Waals surface area (Å²) in [5, 5.41) is 4.18. The lowest BCUT2D eigenvalue weighted by molar-refractivity contribution is 0.100. The summed E-state index contributed by atoms with van der Waals surface area (Å²) >= 11 is 2.67. The number of aromatic nitrogens is 1. The van der Waals surface area contributed by atoms with Crippen LogP contribution in [-0.4, -0.2) is 16.8 Å². The van der Waals surface area contributed by atoms with Crippen molar-refractivity contribution in [2.24, 2.45) is 5.73 Å². The number of thiophene rings is 2. The van der Waals surface area contributed by atoms with Gasteiger partial charge in [-0.2, -0.15) is 0 Å². The van der Waals surface area contributed by atoms with E-state index < -0.39 is 5.91 Å². The van der Waals surface area contributed by atoms with Crippen LogP contribution in [0.4, 0.5) is 10.7 Å². The lowest BCUT2D eigenvalue weighted by Crippen LogP contribution is -2.18. The molecule has 3 aromatic heterocycles. The summed E-state index contributed by atoms with van der Waals surface area (Å²) in [7, 11) is 0. The Bertz CT molecular complexity index is 1400. The minimum atomic E-state index is -0.534. The molecular weight excluding hydrogens is 452 g/mol. The third kappa shape index (κ3) is 3.79. The van der Waals surface area contributed by atoms with Crippen LogP contribution < -0.4 is 16.8 Å². The van der Waals surface area contributed by atoms with Gasteiger partial charge in [-0.05, 0) is 54.5 Å². The molecule has 3 heterocycles.